The number of benzene rings is 1. The van der Waals surface area contributed by atoms with Crippen molar-refractivity contribution in [2.24, 2.45) is 5.92 Å². The summed E-state index contributed by atoms with van der Waals surface area (Å²) in [5.74, 6) is 0.803. The highest BCUT2D eigenvalue weighted by atomic mass is 35.5. The Morgan fingerprint density at radius 1 is 1.33 bits per heavy atom. The standard InChI is InChI=1S/C13H17ClFNO.ClH/c14-12-8-11(15)3-4-13(12)17-9-10-2-1-6-16-7-5-10;/h3-4,8,10,16H,1-2,5-7,9H2;1H. The molecule has 1 aliphatic heterocycles. The molecule has 5 heteroatoms. The SMILES string of the molecule is Cl.Fc1ccc(OCC2CCCNCC2)c(Cl)c1. The molecule has 0 aromatic heterocycles. The maximum atomic E-state index is 12.8. The quantitative estimate of drug-likeness (QED) is 0.918. The molecule has 1 heterocycles. The highest BCUT2D eigenvalue weighted by Crippen LogP contribution is 2.26. The molecule has 1 saturated heterocycles. The van der Waals surface area contributed by atoms with E-state index in [9.17, 15) is 4.39 Å². The van der Waals surface area contributed by atoms with Gasteiger partial charge in [-0.3, -0.25) is 0 Å². The van der Waals surface area contributed by atoms with Crippen LogP contribution in [-0.2, 0) is 0 Å². The number of ether oxygens (including phenoxy) is 1. The maximum Gasteiger partial charge on any atom is 0.138 e. The fourth-order valence-corrected chi connectivity index (χ4v) is 2.28. The summed E-state index contributed by atoms with van der Waals surface area (Å²) in [6.07, 6.45) is 3.48. The summed E-state index contributed by atoms with van der Waals surface area (Å²) in [7, 11) is 0. The Morgan fingerprint density at radius 3 is 2.94 bits per heavy atom. The molecule has 2 nitrogen and oxygen atoms in total. The van der Waals surface area contributed by atoms with E-state index in [4.69, 9.17) is 16.3 Å². The van der Waals surface area contributed by atoms with Crippen LogP contribution in [0, 0.1) is 11.7 Å². The smallest absolute Gasteiger partial charge is 0.138 e. The zero-order valence-corrected chi connectivity index (χ0v) is 11.7. The highest BCUT2D eigenvalue weighted by molar-refractivity contribution is 6.32. The van der Waals surface area contributed by atoms with Gasteiger partial charge in [0.2, 0.25) is 0 Å². The van der Waals surface area contributed by atoms with Crippen LogP contribution in [0.4, 0.5) is 4.39 Å². The fourth-order valence-electron chi connectivity index (χ4n) is 2.06. The molecule has 1 aliphatic rings. The van der Waals surface area contributed by atoms with Gasteiger partial charge < -0.3 is 10.1 Å². The van der Waals surface area contributed by atoms with Gasteiger partial charge in [0.25, 0.3) is 0 Å². The van der Waals surface area contributed by atoms with Gasteiger partial charge >= 0.3 is 0 Å². The van der Waals surface area contributed by atoms with Crippen molar-refractivity contribution in [3.05, 3.63) is 29.0 Å². The Balaban J connectivity index is 0.00000162. The van der Waals surface area contributed by atoms with Gasteiger partial charge in [0.1, 0.15) is 11.6 Å². The Morgan fingerprint density at radius 2 is 2.17 bits per heavy atom. The third-order valence-electron chi connectivity index (χ3n) is 3.06. The second kappa shape index (κ2) is 7.82. The van der Waals surface area contributed by atoms with E-state index in [1.165, 1.54) is 25.0 Å². The maximum absolute atomic E-state index is 12.8. The summed E-state index contributed by atoms with van der Waals surface area (Å²) in [5, 5.41) is 3.71. The van der Waals surface area contributed by atoms with Gasteiger partial charge in [-0.1, -0.05) is 11.6 Å². The predicted octanol–water partition coefficient (Wildman–Crippen LogP) is 3.67. The summed E-state index contributed by atoms with van der Waals surface area (Å²) < 4.78 is 18.5. The van der Waals surface area contributed by atoms with Crippen molar-refractivity contribution in [2.75, 3.05) is 19.7 Å². The second-order valence-electron chi connectivity index (χ2n) is 4.43. The molecule has 0 amide bonds. The number of hydrogen-bond donors (Lipinski definition) is 1. The van der Waals surface area contributed by atoms with Crippen LogP contribution in [0.25, 0.3) is 0 Å². The average molecular weight is 294 g/mol. The summed E-state index contributed by atoms with van der Waals surface area (Å²) in [4.78, 5) is 0. The van der Waals surface area contributed by atoms with E-state index < -0.39 is 0 Å². The molecule has 2 rings (SSSR count). The van der Waals surface area contributed by atoms with E-state index >= 15 is 0 Å². The van der Waals surface area contributed by atoms with Crippen LogP contribution in [-0.4, -0.2) is 19.7 Å². The molecule has 1 N–H and O–H groups in total. The molecule has 0 bridgehead atoms. The number of hydrogen-bond acceptors (Lipinski definition) is 2. The van der Waals surface area contributed by atoms with E-state index in [1.807, 2.05) is 0 Å². The first-order chi connectivity index (χ1) is 8.25. The van der Waals surface area contributed by atoms with Crippen molar-refractivity contribution in [1.82, 2.24) is 5.32 Å². The molecular weight excluding hydrogens is 276 g/mol. The van der Waals surface area contributed by atoms with Crippen LogP contribution in [0.5, 0.6) is 5.75 Å². The van der Waals surface area contributed by atoms with Crippen molar-refractivity contribution >= 4 is 24.0 Å². The molecule has 1 atom stereocenters. The second-order valence-corrected chi connectivity index (χ2v) is 4.84. The molecule has 102 valence electrons. The molecule has 18 heavy (non-hydrogen) atoms. The lowest BCUT2D eigenvalue weighted by Crippen LogP contribution is -2.16. The van der Waals surface area contributed by atoms with Crippen molar-refractivity contribution in [3.8, 4) is 5.75 Å². The van der Waals surface area contributed by atoms with Crippen LogP contribution < -0.4 is 10.1 Å². The van der Waals surface area contributed by atoms with E-state index in [1.54, 1.807) is 6.07 Å². The van der Waals surface area contributed by atoms with Crippen molar-refractivity contribution in [1.29, 1.82) is 0 Å². The summed E-state index contributed by atoms with van der Waals surface area (Å²) in [6.45, 7) is 2.80. The number of halogens is 3. The minimum atomic E-state index is -0.332. The van der Waals surface area contributed by atoms with Crippen molar-refractivity contribution < 1.29 is 9.13 Å². The molecule has 1 aromatic rings. The number of rotatable bonds is 3. The van der Waals surface area contributed by atoms with Gasteiger partial charge in [0.15, 0.2) is 0 Å². The zero-order valence-electron chi connectivity index (χ0n) is 10.1. The lowest BCUT2D eigenvalue weighted by atomic mass is 10.0. The molecule has 1 aromatic carbocycles. The topological polar surface area (TPSA) is 21.3 Å². The van der Waals surface area contributed by atoms with Crippen LogP contribution in [0.1, 0.15) is 19.3 Å². The van der Waals surface area contributed by atoms with E-state index in [-0.39, 0.29) is 18.2 Å². The Bertz CT molecular complexity index is 368. The van der Waals surface area contributed by atoms with Crippen LogP contribution >= 0.6 is 24.0 Å². The number of nitrogens with one attached hydrogen (secondary N) is 1. The lowest BCUT2D eigenvalue weighted by molar-refractivity contribution is 0.236. The Labute approximate surface area is 118 Å². The Hall–Kier alpha value is -0.510. The molecule has 1 unspecified atom stereocenters. The van der Waals surface area contributed by atoms with Gasteiger partial charge in [-0.05, 0) is 56.5 Å². The zero-order chi connectivity index (χ0) is 12.1. The Kier molecular flexibility index (Phi) is 6.76. The summed E-state index contributed by atoms with van der Waals surface area (Å²) >= 11 is 5.90. The van der Waals surface area contributed by atoms with Gasteiger partial charge in [-0.2, -0.15) is 0 Å². The van der Waals surface area contributed by atoms with Gasteiger partial charge in [-0.15, -0.1) is 12.4 Å². The molecule has 0 radical (unpaired) electrons. The third kappa shape index (κ3) is 4.63. The largest absolute Gasteiger partial charge is 0.492 e. The first kappa shape index (κ1) is 15.5. The summed E-state index contributed by atoms with van der Waals surface area (Å²) in [5.41, 5.74) is 0. The van der Waals surface area contributed by atoms with Gasteiger partial charge in [0, 0.05) is 0 Å². The van der Waals surface area contributed by atoms with Crippen LogP contribution in [0.3, 0.4) is 0 Å². The first-order valence-electron chi connectivity index (χ1n) is 6.04. The minimum absolute atomic E-state index is 0. The molecule has 0 saturated carbocycles. The highest BCUT2D eigenvalue weighted by Gasteiger charge is 2.13. The molecular formula is C13H18Cl2FNO. The van der Waals surface area contributed by atoms with Gasteiger partial charge in [-0.25, -0.2) is 4.39 Å². The monoisotopic (exact) mass is 293 g/mol. The first-order valence-corrected chi connectivity index (χ1v) is 6.42. The molecule has 1 fully saturated rings. The van der Waals surface area contributed by atoms with Gasteiger partial charge in [0.05, 0.1) is 11.6 Å². The predicted molar refractivity (Wildman–Crippen MR) is 74.4 cm³/mol. The van der Waals surface area contributed by atoms with Crippen LogP contribution in [0.2, 0.25) is 5.02 Å². The third-order valence-corrected chi connectivity index (χ3v) is 3.36. The average Bonchev–Trinajstić information content (AvgIpc) is 2.56. The van der Waals surface area contributed by atoms with E-state index in [0.717, 1.165) is 19.5 Å². The fraction of sp³-hybridized carbons (Fsp3) is 0.538. The molecule has 0 spiro atoms. The molecule has 0 aliphatic carbocycles. The van der Waals surface area contributed by atoms with Crippen molar-refractivity contribution in [2.45, 2.75) is 19.3 Å². The lowest BCUT2D eigenvalue weighted by Gasteiger charge is -2.15. The van der Waals surface area contributed by atoms with E-state index in [2.05, 4.69) is 5.32 Å². The normalized spacial score (nSPS) is 19.8. The summed E-state index contributed by atoms with van der Waals surface area (Å²) in [6, 6.07) is 4.24. The minimum Gasteiger partial charge on any atom is -0.492 e. The van der Waals surface area contributed by atoms with Crippen LogP contribution in [0.15, 0.2) is 18.2 Å². The van der Waals surface area contributed by atoms with Crippen molar-refractivity contribution in [3.63, 3.8) is 0 Å². The van der Waals surface area contributed by atoms with E-state index in [0.29, 0.717) is 23.3 Å².